The molecule has 1 aromatic rings. The van der Waals surface area contributed by atoms with Gasteiger partial charge in [-0.1, -0.05) is 13.8 Å². The number of hydrogen-bond acceptors (Lipinski definition) is 5. The minimum absolute atomic E-state index is 0.761. The van der Waals surface area contributed by atoms with E-state index >= 15 is 0 Å². The minimum atomic E-state index is 0.761. The van der Waals surface area contributed by atoms with Gasteiger partial charge in [-0.2, -0.15) is 4.98 Å². The van der Waals surface area contributed by atoms with Crippen molar-refractivity contribution in [3.63, 3.8) is 0 Å². The Hall–Kier alpha value is -1.36. The Kier molecular flexibility index (Phi) is 4.75. The van der Waals surface area contributed by atoms with E-state index in [1.807, 2.05) is 6.07 Å². The summed E-state index contributed by atoms with van der Waals surface area (Å²) in [6.45, 7) is 8.49. The number of aryl methyl sites for hydroxylation is 1. The van der Waals surface area contributed by atoms with Crippen molar-refractivity contribution in [3.8, 4) is 0 Å². The Morgan fingerprint density at radius 1 is 1.28 bits per heavy atom. The normalized spacial score (nSPS) is 15.8. The molecule has 0 amide bonds. The SMILES string of the molecule is CCCNc1cc(CC)nc(N2CCOCC2)n1. The highest BCUT2D eigenvalue weighted by atomic mass is 16.5. The topological polar surface area (TPSA) is 50.3 Å². The van der Waals surface area contributed by atoms with Gasteiger partial charge in [0.1, 0.15) is 5.82 Å². The molecule has 100 valence electrons. The summed E-state index contributed by atoms with van der Waals surface area (Å²) in [7, 11) is 0. The van der Waals surface area contributed by atoms with Crippen molar-refractivity contribution in [2.75, 3.05) is 43.1 Å². The largest absolute Gasteiger partial charge is 0.378 e. The maximum absolute atomic E-state index is 5.36. The molecule has 0 atom stereocenters. The minimum Gasteiger partial charge on any atom is -0.378 e. The second kappa shape index (κ2) is 6.54. The van der Waals surface area contributed by atoms with Crippen molar-refractivity contribution in [2.24, 2.45) is 0 Å². The summed E-state index contributed by atoms with van der Waals surface area (Å²) in [5, 5.41) is 3.34. The zero-order valence-electron chi connectivity index (χ0n) is 11.3. The van der Waals surface area contributed by atoms with Crippen LogP contribution in [0.2, 0.25) is 0 Å². The maximum Gasteiger partial charge on any atom is 0.227 e. The van der Waals surface area contributed by atoms with Crippen molar-refractivity contribution in [1.82, 2.24) is 9.97 Å². The van der Waals surface area contributed by atoms with Gasteiger partial charge in [-0.15, -0.1) is 0 Å². The highest BCUT2D eigenvalue weighted by Gasteiger charge is 2.15. The third-order valence-corrected chi connectivity index (χ3v) is 2.98. The molecular weight excluding hydrogens is 228 g/mol. The van der Waals surface area contributed by atoms with E-state index in [-0.39, 0.29) is 0 Å². The second-order valence-electron chi connectivity index (χ2n) is 4.42. The number of nitrogens with one attached hydrogen (secondary N) is 1. The first-order valence-electron chi connectivity index (χ1n) is 6.78. The molecule has 2 rings (SSSR count). The van der Waals surface area contributed by atoms with Gasteiger partial charge < -0.3 is 15.0 Å². The first kappa shape index (κ1) is 13.1. The highest BCUT2D eigenvalue weighted by molar-refractivity contribution is 5.44. The molecule has 0 aromatic carbocycles. The molecule has 0 unspecified atom stereocenters. The maximum atomic E-state index is 5.36. The molecule has 1 saturated heterocycles. The summed E-state index contributed by atoms with van der Waals surface area (Å²) in [6.07, 6.45) is 2.03. The third-order valence-electron chi connectivity index (χ3n) is 2.98. The van der Waals surface area contributed by atoms with Crippen LogP contribution in [-0.4, -0.2) is 42.8 Å². The summed E-state index contributed by atoms with van der Waals surface area (Å²) in [4.78, 5) is 11.4. The van der Waals surface area contributed by atoms with Crippen LogP contribution in [0.4, 0.5) is 11.8 Å². The van der Waals surface area contributed by atoms with E-state index < -0.39 is 0 Å². The van der Waals surface area contributed by atoms with Crippen LogP contribution in [0.1, 0.15) is 26.0 Å². The molecule has 0 bridgehead atoms. The van der Waals surface area contributed by atoms with E-state index in [0.29, 0.717) is 0 Å². The van der Waals surface area contributed by atoms with Crippen LogP contribution in [0.3, 0.4) is 0 Å². The number of ether oxygens (including phenoxy) is 1. The van der Waals surface area contributed by atoms with Crippen LogP contribution in [0.5, 0.6) is 0 Å². The predicted octanol–water partition coefficient (Wildman–Crippen LogP) is 1.70. The van der Waals surface area contributed by atoms with Crippen LogP contribution in [-0.2, 0) is 11.2 Å². The van der Waals surface area contributed by atoms with Gasteiger partial charge in [0.05, 0.1) is 13.2 Å². The Balaban J connectivity index is 2.16. The fourth-order valence-electron chi connectivity index (χ4n) is 1.91. The Bertz CT molecular complexity index is 377. The van der Waals surface area contributed by atoms with E-state index in [4.69, 9.17) is 4.74 Å². The monoisotopic (exact) mass is 250 g/mol. The molecule has 0 radical (unpaired) electrons. The summed E-state index contributed by atoms with van der Waals surface area (Å²) in [5.74, 6) is 1.77. The van der Waals surface area contributed by atoms with Crippen molar-refractivity contribution in [2.45, 2.75) is 26.7 Å². The molecule has 2 heterocycles. The molecule has 1 N–H and O–H groups in total. The van der Waals surface area contributed by atoms with Gasteiger partial charge in [0, 0.05) is 31.4 Å². The van der Waals surface area contributed by atoms with Gasteiger partial charge in [0.25, 0.3) is 0 Å². The second-order valence-corrected chi connectivity index (χ2v) is 4.42. The zero-order chi connectivity index (χ0) is 12.8. The molecule has 1 fully saturated rings. The van der Waals surface area contributed by atoms with Gasteiger partial charge in [-0.05, 0) is 12.8 Å². The molecule has 1 aliphatic rings. The van der Waals surface area contributed by atoms with E-state index in [0.717, 1.165) is 63.1 Å². The van der Waals surface area contributed by atoms with Crippen LogP contribution >= 0.6 is 0 Å². The lowest BCUT2D eigenvalue weighted by Gasteiger charge is -2.27. The highest BCUT2D eigenvalue weighted by Crippen LogP contribution is 2.15. The molecule has 1 aliphatic heterocycles. The van der Waals surface area contributed by atoms with Crippen LogP contribution in [0.15, 0.2) is 6.07 Å². The zero-order valence-corrected chi connectivity index (χ0v) is 11.3. The summed E-state index contributed by atoms with van der Waals surface area (Å²) in [6, 6.07) is 2.04. The van der Waals surface area contributed by atoms with Gasteiger partial charge in [-0.25, -0.2) is 4.98 Å². The van der Waals surface area contributed by atoms with E-state index in [9.17, 15) is 0 Å². The van der Waals surface area contributed by atoms with Crippen molar-refractivity contribution in [1.29, 1.82) is 0 Å². The van der Waals surface area contributed by atoms with Crippen molar-refractivity contribution in [3.05, 3.63) is 11.8 Å². The van der Waals surface area contributed by atoms with Gasteiger partial charge in [0.2, 0.25) is 5.95 Å². The number of aromatic nitrogens is 2. The number of nitrogens with zero attached hydrogens (tertiary/aromatic N) is 3. The fraction of sp³-hybridized carbons (Fsp3) is 0.692. The van der Waals surface area contributed by atoms with E-state index in [1.165, 1.54) is 0 Å². The summed E-state index contributed by atoms with van der Waals surface area (Å²) >= 11 is 0. The Morgan fingerprint density at radius 2 is 2.06 bits per heavy atom. The lowest BCUT2D eigenvalue weighted by Crippen LogP contribution is -2.37. The Morgan fingerprint density at radius 3 is 2.72 bits per heavy atom. The molecule has 5 nitrogen and oxygen atoms in total. The van der Waals surface area contributed by atoms with Crippen molar-refractivity contribution >= 4 is 11.8 Å². The number of rotatable bonds is 5. The smallest absolute Gasteiger partial charge is 0.227 e. The van der Waals surface area contributed by atoms with E-state index in [2.05, 4.69) is 34.0 Å². The molecular formula is C13H22N4O. The first-order valence-corrected chi connectivity index (χ1v) is 6.78. The summed E-state index contributed by atoms with van der Waals surface area (Å²) in [5.41, 5.74) is 1.09. The molecule has 5 heteroatoms. The molecule has 0 spiro atoms. The van der Waals surface area contributed by atoms with Crippen LogP contribution in [0.25, 0.3) is 0 Å². The average Bonchev–Trinajstić information content (AvgIpc) is 2.45. The first-order chi connectivity index (χ1) is 8.83. The van der Waals surface area contributed by atoms with Gasteiger partial charge in [-0.3, -0.25) is 0 Å². The fourth-order valence-corrected chi connectivity index (χ4v) is 1.91. The molecule has 18 heavy (non-hydrogen) atoms. The molecule has 0 aliphatic carbocycles. The van der Waals surface area contributed by atoms with Gasteiger partial charge in [0.15, 0.2) is 0 Å². The number of morpholine rings is 1. The number of hydrogen-bond donors (Lipinski definition) is 1. The number of anilines is 2. The summed E-state index contributed by atoms with van der Waals surface area (Å²) < 4.78 is 5.36. The van der Waals surface area contributed by atoms with Crippen LogP contribution < -0.4 is 10.2 Å². The lowest BCUT2D eigenvalue weighted by molar-refractivity contribution is 0.122. The average molecular weight is 250 g/mol. The molecule has 0 saturated carbocycles. The standard InChI is InChI=1S/C13H22N4O/c1-3-5-14-12-10-11(4-2)15-13(16-12)17-6-8-18-9-7-17/h10H,3-9H2,1-2H3,(H,14,15,16). The molecule has 1 aromatic heterocycles. The predicted molar refractivity (Wildman–Crippen MR) is 73.2 cm³/mol. The van der Waals surface area contributed by atoms with Gasteiger partial charge >= 0.3 is 0 Å². The van der Waals surface area contributed by atoms with Crippen LogP contribution in [0, 0.1) is 0 Å². The third kappa shape index (κ3) is 3.32. The lowest BCUT2D eigenvalue weighted by atomic mass is 10.3. The van der Waals surface area contributed by atoms with Crippen molar-refractivity contribution < 1.29 is 4.74 Å². The van der Waals surface area contributed by atoms with E-state index in [1.54, 1.807) is 0 Å². The quantitative estimate of drug-likeness (QED) is 0.862. The Labute approximate surface area is 109 Å².